The molecule has 15 heteroatoms. The van der Waals surface area contributed by atoms with Gasteiger partial charge in [-0.1, -0.05) is 18.2 Å². The lowest BCUT2D eigenvalue weighted by Gasteiger charge is -2.25. The number of carboxylic acid groups (broad SMARTS) is 1. The number of carbonyl (C=O) groups excluding carboxylic acids is 1. The SMILES string of the molecule is N=C(N)N1CC=C(c2ncc(C(=O)Nc3ccc(CCN=C(N)N)cc3)s2)CC1.O=C(O)C(F)(F)F. The zero-order valence-electron chi connectivity index (χ0n) is 18.9. The molecule has 11 nitrogen and oxygen atoms in total. The van der Waals surface area contributed by atoms with E-state index in [2.05, 4.69) is 15.3 Å². The number of carboxylic acids is 1. The van der Waals surface area contributed by atoms with E-state index in [-0.39, 0.29) is 17.8 Å². The van der Waals surface area contributed by atoms with Crippen LogP contribution in [0, 0.1) is 5.41 Å². The first kappa shape index (κ1) is 28.1. The lowest BCUT2D eigenvalue weighted by atomic mass is 10.1. The summed E-state index contributed by atoms with van der Waals surface area (Å²) < 4.78 is 31.7. The number of aromatic nitrogens is 1. The maximum Gasteiger partial charge on any atom is 0.490 e. The Morgan fingerprint density at radius 1 is 1.22 bits per heavy atom. The van der Waals surface area contributed by atoms with Crippen LogP contribution in [0.5, 0.6) is 0 Å². The molecule has 0 bridgehead atoms. The fraction of sp³-hybridized carbons (Fsp3) is 0.286. The predicted octanol–water partition coefficient (Wildman–Crippen LogP) is 1.83. The van der Waals surface area contributed by atoms with Crippen molar-refractivity contribution in [3.05, 3.63) is 52.0 Å². The molecule has 3 rings (SSSR count). The molecule has 2 aromatic rings. The molecule has 0 saturated carbocycles. The minimum atomic E-state index is -5.08. The monoisotopic (exact) mass is 526 g/mol. The van der Waals surface area contributed by atoms with Crippen molar-refractivity contribution in [3.8, 4) is 0 Å². The highest BCUT2D eigenvalue weighted by atomic mass is 32.1. The number of amides is 1. The van der Waals surface area contributed by atoms with E-state index in [1.54, 1.807) is 11.1 Å². The molecule has 0 saturated heterocycles. The number of guanidine groups is 2. The molecule has 0 spiro atoms. The van der Waals surface area contributed by atoms with Gasteiger partial charge in [0.1, 0.15) is 9.88 Å². The Bertz CT molecular complexity index is 1140. The largest absolute Gasteiger partial charge is 0.490 e. The number of alkyl halides is 3. The molecule has 0 aliphatic carbocycles. The van der Waals surface area contributed by atoms with Crippen LogP contribution in [-0.2, 0) is 11.2 Å². The number of nitrogens with two attached hydrogens (primary N) is 3. The number of aliphatic imine (C=N–C) groups is 1. The Balaban J connectivity index is 0.000000572. The third kappa shape index (κ3) is 8.90. The van der Waals surface area contributed by atoms with Crippen molar-refractivity contribution in [1.82, 2.24) is 9.88 Å². The van der Waals surface area contributed by atoms with Crippen LogP contribution in [0.2, 0.25) is 0 Å². The molecule has 1 aromatic heterocycles. The van der Waals surface area contributed by atoms with Crippen molar-refractivity contribution >= 4 is 46.4 Å². The van der Waals surface area contributed by atoms with Crippen molar-refractivity contribution in [2.24, 2.45) is 22.2 Å². The van der Waals surface area contributed by atoms with Crippen LogP contribution in [0.3, 0.4) is 0 Å². The van der Waals surface area contributed by atoms with Gasteiger partial charge >= 0.3 is 12.1 Å². The van der Waals surface area contributed by atoms with Gasteiger partial charge in [-0.2, -0.15) is 13.2 Å². The number of rotatable bonds is 6. The van der Waals surface area contributed by atoms with Gasteiger partial charge in [0.05, 0.1) is 6.20 Å². The summed E-state index contributed by atoms with van der Waals surface area (Å²) in [6.45, 7) is 1.79. The lowest BCUT2D eigenvalue weighted by molar-refractivity contribution is -0.192. The Labute approximate surface area is 208 Å². The topological polar surface area (TPSA) is 197 Å². The first-order chi connectivity index (χ1) is 16.9. The molecule has 36 heavy (non-hydrogen) atoms. The molecule has 0 fully saturated rings. The van der Waals surface area contributed by atoms with Crippen LogP contribution < -0.4 is 22.5 Å². The Kier molecular flexibility index (Phi) is 9.78. The number of benzene rings is 1. The number of nitrogens with zero attached hydrogens (tertiary/aromatic N) is 3. The molecule has 1 aliphatic rings. The van der Waals surface area contributed by atoms with Gasteiger partial charge in [-0.05, 0) is 36.1 Å². The number of anilines is 1. The number of hydrogen-bond acceptors (Lipinski definition) is 6. The van der Waals surface area contributed by atoms with Crippen molar-refractivity contribution in [3.63, 3.8) is 0 Å². The van der Waals surface area contributed by atoms with Crippen molar-refractivity contribution < 1.29 is 27.9 Å². The van der Waals surface area contributed by atoms with Crippen LogP contribution >= 0.6 is 11.3 Å². The fourth-order valence-electron chi connectivity index (χ4n) is 2.87. The average molecular weight is 527 g/mol. The van der Waals surface area contributed by atoms with Gasteiger partial charge in [0.2, 0.25) is 0 Å². The summed E-state index contributed by atoms with van der Waals surface area (Å²) in [7, 11) is 0. The minimum Gasteiger partial charge on any atom is -0.475 e. The third-order valence-electron chi connectivity index (χ3n) is 4.70. The van der Waals surface area contributed by atoms with Gasteiger partial charge in [0.25, 0.3) is 5.91 Å². The van der Waals surface area contributed by atoms with Gasteiger partial charge in [0.15, 0.2) is 11.9 Å². The number of carbonyl (C=O) groups is 2. The highest BCUT2D eigenvalue weighted by Gasteiger charge is 2.38. The van der Waals surface area contributed by atoms with E-state index in [4.69, 9.17) is 32.5 Å². The van der Waals surface area contributed by atoms with Gasteiger partial charge in [-0.15, -0.1) is 11.3 Å². The van der Waals surface area contributed by atoms with Crippen LogP contribution in [0.4, 0.5) is 18.9 Å². The smallest absolute Gasteiger partial charge is 0.475 e. The molecule has 1 aliphatic heterocycles. The van der Waals surface area contributed by atoms with Gasteiger partial charge < -0.3 is 32.5 Å². The number of nitrogens with one attached hydrogen (secondary N) is 2. The molecular formula is C21H25F3N8O3S. The second kappa shape index (κ2) is 12.5. The van der Waals surface area contributed by atoms with Crippen LogP contribution in [0.1, 0.15) is 26.7 Å². The predicted molar refractivity (Wildman–Crippen MR) is 131 cm³/mol. The second-order valence-corrected chi connectivity index (χ2v) is 8.38. The van der Waals surface area contributed by atoms with Crippen LogP contribution in [-0.4, -0.2) is 64.6 Å². The van der Waals surface area contributed by atoms with E-state index in [0.717, 1.165) is 29.0 Å². The normalized spacial score (nSPS) is 13.1. The first-order valence-electron chi connectivity index (χ1n) is 10.4. The van der Waals surface area contributed by atoms with Gasteiger partial charge in [-0.3, -0.25) is 15.2 Å². The number of hydrogen-bond donors (Lipinski definition) is 6. The van der Waals surface area contributed by atoms with Crippen LogP contribution in [0.25, 0.3) is 5.57 Å². The first-order valence-corrected chi connectivity index (χ1v) is 11.2. The Hall–Kier alpha value is -4.14. The quantitative estimate of drug-likeness (QED) is 0.242. The summed E-state index contributed by atoms with van der Waals surface area (Å²) in [5, 5.41) is 18.3. The van der Waals surface area contributed by atoms with E-state index >= 15 is 0 Å². The van der Waals surface area contributed by atoms with Crippen LogP contribution in [0.15, 0.2) is 41.5 Å². The van der Waals surface area contributed by atoms with E-state index in [1.165, 1.54) is 11.3 Å². The summed E-state index contributed by atoms with van der Waals surface area (Å²) in [6.07, 6.45) is -0.0143. The average Bonchev–Trinajstić information content (AvgIpc) is 3.30. The van der Waals surface area contributed by atoms with Gasteiger partial charge in [0, 0.05) is 25.3 Å². The van der Waals surface area contributed by atoms with E-state index in [0.29, 0.717) is 30.2 Å². The number of halogens is 3. The van der Waals surface area contributed by atoms with Crippen molar-refractivity contribution in [2.45, 2.75) is 19.0 Å². The third-order valence-corrected chi connectivity index (χ3v) is 5.77. The summed E-state index contributed by atoms with van der Waals surface area (Å²) >= 11 is 1.36. The van der Waals surface area contributed by atoms with E-state index in [1.807, 2.05) is 30.3 Å². The highest BCUT2D eigenvalue weighted by Crippen LogP contribution is 2.27. The van der Waals surface area contributed by atoms with E-state index in [9.17, 15) is 18.0 Å². The fourth-order valence-corrected chi connectivity index (χ4v) is 3.75. The summed E-state index contributed by atoms with van der Waals surface area (Å²) in [4.78, 5) is 32.1. The summed E-state index contributed by atoms with van der Waals surface area (Å²) in [6, 6.07) is 7.57. The molecule has 194 valence electrons. The molecule has 2 heterocycles. The molecule has 9 N–H and O–H groups in total. The minimum absolute atomic E-state index is 0.0711. The van der Waals surface area contributed by atoms with Crippen molar-refractivity contribution in [2.75, 3.05) is 25.0 Å². The Morgan fingerprint density at radius 3 is 2.36 bits per heavy atom. The van der Waals surface area contributed by atoms with E-state index < -0.39 is 12.1 Å². The zero-order valence-corrected chi connectivity index (χ0v) is 19.7. The standard InChI is InChI=1S/C19H24N8OS.C2HF3O2/c20-18(21)24-8-5-12-1-3-14(4-2-12)26-16(28)15-11-25-17(29-15)13-6-9-27(10-7-13)19(22)23;3-2(4,5)1(6)7/h1-4,6,11H,5,7-10H2,(H3,22,23)(H,26,28)(H4,20,21,24);(H,6,7). The van der Waals surface area contributed by atoms with Crippen molar-refractivity contribution in [1.29, 1.82) is 5.41 Å². The molecule has 0 atom stereocenters. The maximum atomic E-state index is 12.5. The molecule has 0 radical (unpaired) electrons. The summed E-state index contributed by atoms with van der Waals surface area (Å²) in [5.74, 6) is -2.80. The summed E-state index contributed by atoms with van der Waals surface area (Å²) in [5.41, 5.74) is 19.0. The van der Waals surface area contributed by atoms with Gasteiger partial charge in [-0.25, -0.2) is 9.78 Å². The molecular weight excluding hydrogens is 501 g/mol. The molecule has 0 unspecified atom stereocenters. The second-order valence-electron chi connectivity index (χ2n) is 7.35. The number of aliphatic carboxylic acids is 1. The lowest BCUT2D eigenvalue weighted by Crippen LogP contribution is -2.39. The Morgan fingerprint density at radius 2 is 1.86 bits per heavy atom. The highest BCUT2D eigenvalue weighted by molar-refractivity contribution is 7.14. The molecule has 1 amide bonds. The maximum absolute atomic E-state index is 12.5. The number of thiazole rings is 1. The zero-order chi connectivity index (χ0) is 26.9. The molecule has 1 aromatic carbocycles.